The van der Waals surface area contributed by atoms with Gasteiger partial charge in [0.25, 0.3) is 5.69 Å². The fraction of sp³-hybridized carbons (Fsp3) is 0.240. The molecule has 1 saturated heterocycles. The minimum atomic E-state index is -3.66. The number of carbonyl (C=O) groups is 1. The predicted molar refractivity (Wildman–Crippen MR) is 137 cm³/mol. The molecular weight excluding hydrogens is 534 g/mol. The number of amides is 1. The number of nitro groups is 1. The van der Waals surface area contributed by atoms with E-state index in [1.807, 2.05) is 31.2 Å². The molecule has 3 aromatic carbocycles. The summed E-state index contributed by atoms with van der Waals surface area (Å²) in [5.74, 6) is -0.403. The summed E-state index contributed by atoms with van der Waals surface area (Å²) >= 11 is 3.28. The van der Waals surface area contributed by atoms with E-state index in [0.717, 1.165) is 16.8 Å². The monoisotopic (exact) mass is 557 g/mol. The molecule has 1 N–H and O–H groups in total. The van der Waals surface area contributed by atoms with Crippen LogP contribution in [0, 0.1) is 23.0 Å². The van der Waals surface area contributed by atoms with E-state index in [4.69, 9.17) is 0 Å². The number of nitrogens with zero attached hydrogens (tertiary/aromatic N) is 2. The minimum Gasteiger partial charge on any atom is -0.304 e. The van der Waals surface area contributed by atoms with Gasteiger partial charge in [-0.3, -0.25) is 14.9 Å². The van der Waals surface area contributed by atoms with Crippen LogP contribution in [0.3, 0.4) is 0 Å². The fourth-order valence-electron chi connectivity index (χ4n) is 4.24. The van der Waals surface area contributed by atoms with Crippen molar-refractivity contribution in [3.05, 3.63) is 98.5 Å². The van der Waals surface area contributed by atoms with E-state index in [0.29, 0.717) is 17.3 Å². The van der Waals surface area contributed by atoms with E-state index in [9.17, 15) is 23.3 Å². The number of hydrogen-bond donors (Lipinski definition) is 1. The maximum atomic E-state index is 13.1. The zero-order valence-corrected chi connectivity index (χ0v) is 21.3. The summed E-state index contributed by atoms with van der Waals surface area (Å²) in [7, 11) is -3.66. The van der Waals surface area contributed by atoms with Gasteiger partial charge in [0.2, 0.25) is 15.9 Å². The molecule has 2 atom stereocenters. The van der Waals surface area contributed by atoms with E-state index in [-0.39, 0.29) is 35.0 Å². The molecular formula is C25H24BrN3O5S. The standard InChI is InChI=1S/C25H24BrN3O5S/c1-17-7-11-20(12-8-17)28-24(18-9-13-21(14-10-18)29(31)32)23(25(28)30)6-3-15-27-35(33,34)22-5-2-4-19(26)16-22/h2,4-5,7-14,16,23-24,27H,3,6,15H2,1H3/t23-,24-/m1/s1. The number of nitrogens with one attached hydrogen (secondary N) is 1. The molecule has 1 aliphatic rings. The van der Waals surface area contributed by atoms with Gasteiger partial charge in [-0.1, -0.05) is 51.8 Å². The second-order valence-electron chi connectivity index (χ2n) is 8.44. The van der Waals surface area contributed by atoms with E-state index in [1.54, 1.807) is 29.2 Å². The normalized spacial score (nSPS) is 17.8. The van der Waals surface area contributed by atoms with Crippen LogP contribution in [-0.2, 0) is 14.8 Å². The Morgan fingerprint density at radius 3 is 2.37 bits per heavy atom. The van der Waals surface area contributed by atoms with Gasteiger partial charge in [-0.2, -0.15) is 0 Å². The maximum absolute atomic E-state index is 13.1. The third kappa shape index (κ3) is 5.44. The molecule has 0 unspecified atom stereocenters. The highest BCUT2D eigenvalue weighted by Crippen LogP contribution is 2.45. The molecule has 8 nitrogen and oxygen atoms in total. The summed E-state index contributed by atoms with van der Waals surface area (Å²) in [6.07, 6.45) is 0.943. The highest BCUT2D eigenvalue weighted by atomic mass is 79.9. The molecule has 35 heavy (non-hydrogen) atoms. The number of halogens is 1. The number of carbonyl (C=O) groups excluding carboxylic acids is 1. The van der Waals surface area contributed by atoms with Crippen LogP contribution in [0.15, 0.2) is 82.2 Å². The van der Waals surface area contributed by atoms with Crippen LogP contribution >= 0.6 is 15.9 Å². The molecule has 0 radical (unpaired) electrons. The van der Waals surface area contributed by atoms with Gasteiger partial charge >= 0.3 is 0 Å². The van der Waals surface area contributed by atoms with Gasteiger partial charge in [0.05, 0.1) is 21.8 Å². The molecule has 1 aliphatic heterocycles. The quantitative estimate of drug-likeness (QED) is 0.170. The third-order valence-electron chi connectivity index (χ3n) is 6.06. The van der Waals surface area contributed by atoms with Gasteiger partial charge < -0.3 is 4.90 Å². The molecule has 1 amide bonds. The number of rotatable bonds is 9. The van der Waals surface area contributed by atoms with Crippen molar-refractivity contribution in [2.24, 2.45) is 5.92 Å². The molecule has 1 fully saturated rings. The third-order valence-corrected chi connectivity index (χ3v) is 8.01. The minimum absolute atomic E-state index is 0.0141. The number of anilines is 1. The zero-order valence-electron chi connectivity index (χ0n) is 18.9. The van der Waals surface area contributed by atoms with Gasteiger partial charge in [-0.25, -0.2) is 13.1 Å². The first-order valence-corrected chi connectivity index (χ1v) is 13.3. The Hall–Kier alpha value is -3.08. The van der Waals surface area contributed by atoms with Gasteiger partial charge in [0.1, 0.15) is 0 Å². The van der Waals surface area contributed by atoms with Crippen molar-refractivity contribution in [1.82, 2.24) is 4.72 Å². The number of sulfonamides is 1. The lowest BCUT2D eigenvalue weighted by molar-refractivity contribution is -0.384. The van der Waals surface area contributed by atoms with Crippen molar-refractivity contribution in [3.8, 4) is 0 Å². The van der Waals surface area contributed by atoms with Crippen molar-refractivity contribution < 1.29 is 18.1 Å². The number of hydrogen-bond acceptors (Lipinski definition) is 5. The largest absolute Gasteiger partial charge is 0.304 e. The fourth-order valence-corrected chi connectivity index (χ4v) is 5.91. The number of aryl methyl sites for hydroxylation is 1. The average molecular weight is 558 g/mol. The summed E-state index contributed by atoms with van der Waals surface area (Å²) in [6.45, 7) is 2.16. The molecule has 4 rings (SSSR count). The second kappa shape index (κ2) is 10.3. The van der Waals surface area contributed by atoms with Crippen molar-refractivity contribution in [1.29, 1.82) is 0 Å². The van der Waals surface area contributed by atoms with E-state index in [2.05, 4.69) is 20.7 Å². The summed E-state index contributed by atoms with van der Waals surface area (Å²) in [5, 5.41) is 11.1. The molecule has 0 saturated carbocycles. The van der Waals surface area contributed by atoms with Gasteiger partial charge in [0.15, 0.2) is 0 Å². The molecule has 0 bridgehead atoms. The van der Waals surface area contributed by atoms with Crippen LogP contribution in [0.2, 0.25) is 0 Å². The Morgan fingerprint density at radius 2 is 1.74 bits per heavy atom. The van der Waals surface area contributed by atoms with Crippen molar-refractivity contribution >= 4 is 43.2 Å². The first-order valence-electron chi connectivity index (χ1n) is 11.1. The number of nitro benzene ring substituents is 1. The molecule has 10 heteroatoms. The van der Waals surface area contributed by atoms with Gasteiger partial charge in [0, 0.05) is 28.8 Å². The summed E-state index contributed by atoms with van der Waals surface area (Å²) < 4.78 is 28.4. The molecule has 0 spiro atoms. The lowest BCUT2D eigenvalue weighted by Gasteiger charge is -2.47. The molecule has 0 aliphatic carbocycles. The zero-order chi connectivity index (χ0) is 25.2. The second-order valence-corrected chi connectivity index (χ2v) is 11.1. The number of benzene rings is 3. The Kier molecular flexibility index (Phi) is 7.34. The Bertz CT molecular complexity index is 1340. The first kappa shape index (κ1) is 25.0. The highest BCUT2D eigenvalue weighted by Gasteiger charge is 2.48. The van der Waals surface area contributed by atoms with Crippen molar-refractivity contribution in [3.63, 3.8) is 0 Å². The van der Waals surface area contributed by atoms with Crippen LogP contribution in [0.4, 0.5) is 11.4 Å². The molecule has 1 heterocycles. The highest BCUT2D eigenvalue weighted by molar-refractivity contribution is 9.10. The number of β-lactam (4-membered cyclic amide) rings is 1. The Morgan fingerprint density at radius 1 is 1.06 bits per heavy atom. The topological polar surface area (TPSA) is 110 Å². The van der Waals surface area contributed by atoms with Crippen LogP contribution in [0.25, 0.3) is 0 Å². The van der Waals surface area contributed by atoms with Crippen LogP contribution < -0.4 is 9.62 Å². The lowest BCUT2D eigenvalue weighted by Crippen LogP contribution is -2.55. The van der Waals surface area contributed by atoms with Crippen molar-refractivity contribution in [2.75, 3.05) is 11.4 Å². The summed E-state index contributed by atoms with van der Waals surface area (Å²) in [6, 6.07) is 20.0. The molecule has 0 aromatic heterocycles. The lowest BCUT2D eigenvalue weighted by atomic mass is 9.79. The molecule has 182 valence electrons. The smallest absolute Gasteiger partial charge is 0.269 e. The summed E-state index contributed by atoms with van der Waals surface area (Å²) in [4.78, 5) is 25.6. The van der Waals surface area contributed by atoms with Crippen LogP contribution in [0.1, 0.15) is 30.0 Å². The molecule has 3 aromatic rings. The Balaban J connectivity index is 1.48. The maximum Gasteiger partial charge on any atom is 0.269 e. The van der Waals surface area contributed by atoms with E-state index >= 15 is 0 Å². The van der Waals surface area contributed by atoms with Crippen molar-refractivity contribution in [2.45, 2.75) is 30.7 Å². The van der Waals surface area contributed by atoms with Crippen LogP contribution in [-0.4, -0.2) is 25.8 Å². The van der Waals surface area contributed by atoms with Crippen LogP contribution in [0.5, 0.6) is 0 Å². The first-order chi connectivity index (χ1) is 16.7. The Labute approximate surface area is 212 Å². The van der Waals surface area contributed by atoms with Gasteiger partial charge in [-0.15, -0.1) is 0 Å². The SMILES string of the molecule is Cc1ccc(N2C(=O)[C@H](CCCNS(=O)(=O)c3cccc(Br)c3)[C@H]2c2ccc([N+](=O)[O-])cc2)cc1. The summed E-state index contributed by atoms with van der Waals surface area (Å²) in [5.41, 5.74) is 2.62. The van der Waals surface area contributed by atoms with Gasteiger partial charge in [-0.05, 0) is 55.7 Å². The van der Waals surface area contributed by atoms with E-state index in [1.165, 1.54) is 24.3 Å². The average Bonchev–Trinajstić information content (AvgIpc) is 2.83. The van der Waals surface area contributed by atoms with E-state index < -0.39 is 14.9 Å². The predicted octanol–water partition coefficient (Wildman–Crippen LogP) is 5.13. The number of non-ortho nitro benzene ring substituents is 1.